The zero-order valence-corrected chi connectivity index (χ0v) is 21.0. The summed E-state index contributed by atoms with van der Waals surface area (Å²) in [4.78, 5) is 18.9. The molecule has 2 aromatic carbocycles. The molecule has 2 aromatic heterocycles. The maximum atomic E-state index is 12.2. The molecule has 0 aliphatic carbocycles. The van der Waals surface area contributed by atoms with Crippen LogP contribution in [0.1, 0.15) is 45.1 Å². The molecule has 0 radical (unpaired) electrons. The van der Waals surface area contributed by atoms with Gasteiger partial charge in [-0.1, -0.05) is 12.1 Å². The lowest BCUT2D eigenvalue weighted by molar-refractivity contribution is 0.0600. The number of pyridine rings is 1. The van der Waals surface area contributed by atoms with Gasteiger partial charge in [0, 0.05) is 29.0 Å². The number of ether oxygens (including phenoxy) is 1. The van der Waals surface area contributed by atoms with Crippen LogP contribution in [0, 0.1) is 13.8 Å². The standard InChI is InChI=1S/C28H26N4O3S/c1-17-15-23(18(2)31(17)21-8-6-7-19(16-21)27(34)35-3)26-25(24-9-4-5-14-29-24)30-28(36)32(26)20-10-12-22(33)13-11-20/h4-16,25-26,33H,1-3H3,(H,30,36)/t25-,26-/m1/s1. The summed E-state index contributed by atoms with van der Waals surface area (Å²) in [6.07, 6.45) is 1.78. The molecule has 2 atom stereocenters. The third-order valence-electron chi connectivity index (χ3n) is 6.54. The summed E-state index contributed by atoms with van der Waals surface area (Å²) in [5.41, 5.74) is 6.23. The van der Waals surface area contributed by atoms with Gasteiger partial charge >= 0.3 is 5.97 Å². The molecule has 182 valence electrons. The van der Waals surface area contributed by atoms with E-state index < -0.39 is 0 Å². The van der Waals surface area contributed by atoms with Crippen LogP contribution in [0.4, 0.5) is 5.69 Å². The normalized spacial score (nSPS) is 17.2. The average molecular weight is 499 g/mol. The van der Waals surface area contributed by atoms with Gasteiger partial charge in [-0.05, 0) is 92.3 Å². The van der Waals surface area contributed by atoms with E-state index >= 15 is 0 Å². The minimum Gasteiger partial charge on any atom is -0.508 e. The number of esters is 1. The predicted octanol–water partition coefficient (Wildman–Crippen LogP) is 5.16. The second-order valence-corrected chi connectivity index (χ2v) is 9.10. The number of phenolic OH excluding ortho intramolecular Hbond substituents is 1. The van der Waals surface area contributed by atoms with Crippen molar-refractivity contribution in [2.24, 2.45) is 0 Å². The fourth-order valence-electron chi connectivity index (χ4n) is 4.94. The first-order chi connectivity index (χ1) is 17.4. The SMILES string of the molecule is COC(=O)c1cccc(-n2c(C)cc([C@@H]3[C@@H](c4ccccn4)NC(=S)N3c3ccc(O)cc3)c2C)c1. The monoisotopic (exact) mass is 498 g/mol. The Morgan fingerprint density at radius 3 is 2.50 bits per heavy atom. The van der Waals surface area contributed by atoms with Crippen LogP contribution >= 0.6 is 12.2 Å². The van der Waals surface area contributed by atoms with E-state index in [1.165, 1.54) is 7.11 Å². The summed E-state index contributed by atoms with van der Waals surface area (Å²) in [7, 11) is 1.38. The lowest BCUT2D eigenvalue weighted by atomic mass is 9.96. The van der Waals surface area contributed by atoms with Crippen molar-refractivity contribution in [3.05, 3.63) is 107 Å². The number of hydrogen-bond acceptors (Lipinski definition) is 5. The number of methoxy groups -OCH3 is 1. The minimum absolute atomic E-state index is 0.192. The number of aromatic hydroxyl groups is 1. The molecule has 0 amide bonds. The van der Waals surface area contributed by atoms with Crippen molar-refractivity contribution >= 4 is 29.0 Å². The number of aromatic nitrogens is 2. The Labute approximate surface area is 215 Å². The molecule has 0 saturated carbocycles. The maximum absolute atomic E-state index is 12.2. The number of carbonyl (C=O) groups is 1. The van der Waals surface area contributed by atoms with Crippen molar-refractivity contribution in [3.8, 4) is 11.4 Å². The molecule has 36 heavy (non-hydrogen) atoms. The van der Waals surface area contributed by atoms with Gasteiger partial charge in [0.05, 0.1) is 30.5 Å². The number of rotatable bonds is 5. The van der Waals surface area contributed by atoms with Crippen molar-refractivity contribution in [2.75, 3.05) is 12.0 Å². The second kappa shape index (κ2) is 9.47. The molecule has 3 heterocycles. The van der Waals surface area contributed by atoms with E-state index in [-0.39, 0.29) is 23.8 Å². The van der Waals surface area contributed by atoms with E-state index in [1.54, 1.807) is 24.4 Å². The summed E-state index contributed by atoms with van der Waals surface area (Å²) in [5, 5.41) is 13.9. The quantitative estimate of drug-likeness (QED) is 0.291. The van der Waals surface area contributed by atoms with Gasteiger partial charge in [-0.2, -0.15) is 0 Å². The lowest BCUT2D eigenvalue weighted by Crippen LogP contribution is -2.29. The number of carbonyl (C=O) groups excluding carboxylic acids is 1. The van der Waals surface area contributed by atoms with E-state index in [4.69, 9.17) is 17.0 Å². The molecule has 1 aliphatic heterocycles. The Kier molecular flexibility index (Phi) is 6.20. The van der Waals surface area contributed by atoms with E-state index in [1.807, 2.05) is 55.5 Å². The topological polar surface area (TPSA) is 79.6 Å². The zero-order valence-electron chi connectivity index (χ0n) is 20.2. The van der Waals surface area contributed by atoms with Gasteiger partial charge in [0.25, 0.3) is 0 Å². The highest BCUT2D eigenvalue weighted by Crippen LogP contribution is 2.44. The van der Waals surface area contributed by atoms with Gasteiger partial charge in [0.2, 0.25) is 0 Å². The Balaban J connectivity index is 1.66. The summed E-state index contributed by atoms with van der Waals surface area (Å²) in [5.74, 6) is -0.183. The van der Waals surface area contributed by atoms with Gasteiger partial charge in [0.15, 0.2) is 5.11 Å². The summed E-state index contributed by atoms with van der Waals surface area (Å²) >= 11 is 5.81. The van der Waals surface area contributed by atoms with Crippen molar-refractivity contribution in [3.63, 3.8) is 0 Å². The minimum atomic E-state index is -0.376. The maximum Gasteiger partial charge on any atom is 0.337 e. The Morgan fingerprint density at radius 1 is 1.03 bits per heavy atom. The average Bonchev–Trinajstić information content (AvgIpc) is 3.39. The number of aryl methyl sites for hydroxylation is 1. The van der Waals surface area contributed by atoms with Crippen LogP contribution in [0.15, 0.2) is 79.0 Å². The van der Waals surface area contributed by atoms with E-state index in [0.29, 0.717) is 10.7 Å². The van der Waals surface area contributed by atoms with E-state index in [2.05, 4.69) is 32.8 Å². The fourth-order valence-corrected chi connectivity index (χ4v) is 5.28. The molecule has 1 fully saturated rings. The first-order valence-electron chi connectivity index (χ1n) is 11.6. The first kappa shape index (κ1) is 23.6. The number of nitrogens with zero attached hydrogens (tertiary/aromatic N) is 3. The third kappa shape index (κ3) is 4.09. The fraction of sp³-hybridized carbons (Fsp3) is 0.179. The molecular formula is C28H26N4O3S. The van der Waals surface area contributed by atoms with Gasteiger partial charge < -0.3 is 24.6 Å². The molecule has 5 rings (SSSR count). The van der Waals surface area contributed by atoms with Crippen molar-refractivity contribution in [2.45, 2.75) is 25.9 Å². The highest BCUT2D eigenvalue weighted by atomic mass is 32.1. The van der Waals surface area contributed by atoms with E-state index in [0.717, 1.165) is 34.0 Å². The molecule has 4 aromatic rings. The van der Waals surface area contributed by atoms with Crippen molar-refractivity contribution < 1.29 is 14.6 Å². The van der Waals surface area contributed by atoms with Crippen LogP contribution < -0.4 is 10.2 Å². The number of phenols is 1. The van der Waals surface area contributed by atoms with Crippen LogP contribution in [0.25, 0.3) is 5.69 Å². The highest BCUT2D eigenvalue weighted by molar-refractivity contribution is 7.80. The van der Waals surface area contributed by atoms with Crippen LogP contribution in [-0.2, 0) is 4.74 Å². The zero-order chi connectivity index (χ0) is 25.4. The summed E-state index contributed by atoms with van der Waals surface area (Å²) in [6.45, 7) is 4.11. The molecule has 0 bridgehead atoms. The van der Waals surface area contributed by atoms with Crippen molar-refractivity contribution in [1.82, 2.24) is 14.9 Å². The molecule has 1 aliphatic rings. The molecule has 0 spiro atoms. The molecule has 2 N–H and O–H groups in total. The molecule has 0 unspecified atom stereocenters. The third-order valence-corrected chi connectivity index (χ3v) is 6.85. The van der Waals surface area contributed by atoms with Crippen molar-refractivity contribution in [1.29, 1.82) is 0 Å². The smallest absolute Gasteiger partial charge is 0.337 e. The van der Waals surface area contributed by atoms with Crippen LogP contribution in [0.3, 0.4) is 0 Å². The summed E-state index contributed by atoms with van der Waals surface area (Å²) < 4.78 is 7.05. The highest BCUT2D eigenvalue weighted by Gasteiger charge is 2.42. The number of benzene rings is 2. The van der Waals surface area contributed by atoms with Gasteiger partial charge in [0.1, 0.15) is 5.75 Å². The number of anilines is 1. The Bertz CT molecular complexity index is 1430. The summed E-state index contributed by atoms with van der Waals surface area (Å²) in [6, 6.07) is 22.1. The number of thiocarbonyl (C=S) groups is 1. The first-order valence-corrected chi connectivity index (χ1v) is 12.0. The Morgan fingerprint density at radius 2 is 1.81 bits per heavy atom. The number of nitrogens with one attached hydrogen (secondary N) is 1. The number of hydrogen-bond donors (Lipinski definition) is 2. The molecular weight excluding hydrogens is 472 g/mol. The second-order valence-electron chi connectivity index (χ2n) is 8.72. The van der Waals surface area contributed by atoms with E-state index in [9.17, 15) is 9.90 Å². The molecule has 7 nitrogen and oxygen atoms in total. The van der Waals surface area contributed by atoms with Gasteiger partial charge in [-0.15, -0.1) is 0 Å². The van der Waals surface area contributed by atoms with Gasteiger partial charge in [-0.25, -0.2) is 4.79 Å². The van der Waals surface area contributed by atoms with Crippen LogP contribution in [0.5, 0.6) is 5.75 Å². The van der Waals surface area contributed by atoms with Gasteiger partial charge in [-0.3, -0.25) is 4.98 Å². The lowest BCUT2D eigenvalue weighted by Gasteiger charge is -2.28. The largest absolute Gasteiger partial charge is 0.508 e. The predicted molar refractivity (Wildman–Crippen MR) is 143 cm³/mol. The molecule has 1 saturated heterocycles. The van der Waals surface area contributed by atoms with Crippen LogP contribution in [0.2, 0.25) is 0 Å². The van der Waals surface area contributed by atoms with Crippen LogP contribution in [-0.4, -0.2) is 32.8 Å². The Hall–Kier alpha value is -4.17. The molecule has 8 heteroatoms.